The van der Waals surface area contributed by atoms with Gasteiger partial charge in [-0.1, -0.05) is 6.58 Å². The molecular weight excluding hydrogens is 134 g/mol. The number of amides is 1. The van der Waals surface area contributed by atoms with Gasteiger partial charge in [0.05, 0.1) is 19.3 Å². The summed E-state index contributed by atoms with van der Waals surface area (Å²) in [7, 11) is 0. The van der Waals surface area contributed by atoms with Crippen LogP contribution in [0.25, 0.3) is 0 Å². The summed E-state index contributed by atoms with van der Waals surface area (Å²) < 4.78 is 0. The molecule has 3 N–H and O–H groups in total. The molecule has 0 aliphatic heterocycles. The van der Waals surface area contributed by atoms with Crippen LogP contribution in [0.3, 0.4) is 0 Å². The van der Waals surface area contributed by atoms with Crippen molar-refractivity contribution in [1.29, 1.82) is 0 Å². The lowest BCUT2D eigenvalue weighted by atomic mass is 10.3. The van der Waals surface area contributed by atoms with E-state index < -0.39 is 11.9 Å². The Hall–Kier alpha value is -0.870. The van der Waals surface area contributed by atoms with E-state index in [9.17, 15) is 4.79 Å². The van der Waals surface area contributed by atoms with Crippen molar-refractivity contribution in [2.75, 3.05) is 13.2 Å². The maximum Gasteiger partial charge on any atom is 0.243 e. The molecule has 0 fully saturated rings. The van der Waals surface area contributed by atoms with E-state index in [2.05, 4.69) is 11.9 Å². The second-order valence-electron chi connectivity index (χ2n) is 1.77. The van der Waals surface area contributed by atoms with Gasteiger partial charge in [0, 0.05) is 0 Å². The summed E-state index contributed by atoms with van der Waals surface area (Å²) >= 11 is 0. The van der Waals surface area contributed by atoms with Gasteiger partial charge in [0.1, 0.15) is 0 Å². The molecule has 1 amide bonds. The average Bonchev–Trinajstić information content (AvgIpc) is 1.99. The molecule has 0 bridgehead atoms. The molecule has 0 saturated carbocycles. The molecule has 0 aliphatic rings. The molecule has 0 atom stereocenters. The maximum atomic E-state index is 10.5. The fourth-order valence-corrected chi connectivity index (χ4v) is 0.409. The Morgan fingerprint density at radius 2 is 2.10 bits per heavy atom. The number of aliphatic hydroxyl groups excluding tert-OH is 2. The Bertz CT molecular complexity index is 120. The van der Waals surface area contributed by atoms with Gasteiger partial charge in [-0.25, -0.2) is 0 Å². The largest absolute Gasteiger partial charge is 0.394 e. The summed E-state index contributed by atoms with van der Waals surface area (Å²) in [5.74, 6) is -0.395. The van der Waals surface area contributed by atoms with E-state index in [4.69, 9.17) is 10.2 Å². The summed E-state index contributed by atoms with van der Waals surface area (Å²) in [4.78, 5) is 10.5. The van der Waals surface area contributed by atoms with E-state index in [0.717, 1.165) is 6.08 Å². The van der Waals surface area contributed by atoms with Crippen molar-refractivity contribution in [3.63, 3.8) is 0 Å². The van der Waals surface area contributed by atoms with Crippen molar-refractivity contribution < 1.29 is 15.0 Å². The van der Waals surface area contributed by atoms with Gasteiger partial charge in [-0.2, -0.15) is 0 Å². The number of carbonyl (C=O) groups is 1. The third kappa shape index (κ3) is 3.21. The Morgan fingerprint density at radius 3 is 2.40 bits per heavy atom. The third-order valence-electron chi connectivity index (χ3n) is 0.973. The molecule has 0 radical (unpaired) electrons. The molecule has 0 unspecified atom stereocenters. The lowest BCUT2D eigenvalue weighted by Crippen LogP contribution is -2.39. The van der Waals surface area contributed by atoms with Gasteiger partial charge < -0.3 is 15.5 Å². The summed E-state index contributed by atoms with van der Waals surface area (Å²) in [6.45, 7) is 2.67. The number of carbonyl (C=O) groups excluding carboxylic acids is 1. The second-order valence-corrected chi connectivity index (χ2v) is 1.77. The minimum atomic E-state index is -0.578. The van der Waals surface area contributed by atoms with Crippen LogP contribution in [0.5, 0.6) is 0 Å². The van der Waals surface area contributed by atoms with Crippen LogP contribution in [0.2, 0.25) is 0 Å². The Kier molecular flexibility index (Phi) is 4.53. The van der Waals surface area contributed by atoms with Crippen LogP contribution in [-0.4, -0.2) is 35.4 Å². The molecular formula is C6H11NO3. The zero-order valence-electron chi connectivity index (χ0n) is 5.58. The van der Waals surface area contributed by atoms with Gasteiger partial charge in [0.25, 0.3) is 0 Å². The van der Waals surface area contributed by atoms with E-state index in [1.54, 1.807) is 0 Å². The van der Waals surface area contributed by atoms with Crippen molar-refractivity contribution in [2.24, 2.45) is 0 Å². The Morgan fingerprint density at radius 1 is 1.60 bits per heavy atom. The molecule has 0 heterocycles. The van der Waals surface area contributed by atoms with Gasteiger partial charge in [0.2, 0.25) is 5.91 Å². The molecule has 4 heteroatoms. The predicted molar refractivity (Wildman–Crippen MR) is 36.3 cm³/mol. The Labute approximate surface area is 59.2 Å². The summed E-state index contributed by atoms with van der Waals surface area (Å²) in [6.07, 6.45) is 1.08. The monoisotopic (exact) mass is 145 g/mol. The van der Waals surface area contributed by atoms with Crippen LogP contribution in [0.4, 0.5) is 0 Å². The molecule has 0 aliphatic carbocycles. The minimum absolute atomic E-state index is 0.268. The fourth-order valence-electron chi connectivity index (χ4n) is 0.409. The van der Waals surface area contributed by atoms with Crippen LogP contribution in [0, 0.1) is 0 Å². The van der Waals surface area contributed by atoms with Crippen molar-refractivity contribution >= 4 is 5.91 Å². The highest BCUT2D eigenvalue weighted by molar-refractivity contribution is 5.87. The van der Waals surface area contributed by atoms with Gasteiger partial charge in [-0.15, -0.1) is 0 Å². The van der Waals surface area contributed by atoms with Crippen molar-refractivity contribution in [2.45, 2.75) is 6.04 Å². The number of hydrogen-bond acceptors (Lipinski definition) is 3. The standard InChI is InChI=1S/C6H11NO3/c1-2-6(10)7-5(3-8)4-9/h2,5,8-9H,1,3-4H2,(H,7,10). The lowest BCUT2D eigenvalue weighted by molar-refractivity contribution is -0.117. The normalized spacial score (nSPS) is 9.50. The van der Waals surface area contributed by atoms with Gasteiger partial charge in [0.15, 0.2) is 0 Å². The smallest absolute Gasteiger partial charge is 0.243 e. The number of aliphatic hydroxyl groups is 2. The highest BCUT2D eigenvalue weighted by atomic mass is 16.3. The maximum absolute atomic E-state index is 10.5. The first-order valence-electron chi connectivity index (χ1n) is 2.89. The second kappa shape index (κ2) is 4.96. The molecule has 0 aromatic rings. The Balaban J connectivity index is 3.62. The van der Waals surface area contributed by atoms with E-state index in [1.807, 2.05) is 0 Å². The van der Waals surface area contributed by atoms with E-state index in [-0.39, 0.29) is 13.2 Å². The van der Waals surface area contributed by atoms with Gasteiger partial charge in [-0.3, -0.25) is 4.79 Å². The van der Waals surface area contributed by atoms with Gasteiger partial charge >= 0.3 is 0 Å². The summed E-state index contributed by atoms with van der Waals surface area (Å²) in [6, 6.07) is -0.578. The SMILES string of the molecule is C=CC(=O)NC(CO)CO. The predicted octanol–water partition coefficient (Wildman–Crippen LogP) is -1.36. The van der Waals surface area contributed by atoms with Crippen LogP contribution in [0.15, 0.2) is 12.7 Å². The quantitative estimate of drug-likeness (QED) is 0.428. The highest BCUT2D eigenvalue weighted by Crippen LogP contribution is 1.79. The average molecular weight is 145 g/mol. The van der Waals surface area contributed by atoms with Crippen molar-refractivity contribution in [1.82, 2.24) is 5.32 Å². The molecule has 0 aromatic carbocycles. The molecule has 0 rings (SSSR count). The zero-order chi connectivity index (χ0) is 7.98. The first-order valence-corrected chi connectivity index (χ1v) is 2.89. The zero-order valence-corrected chi connectivity index (χ0v) is 5.58. The number of nitrogens with one attached hydrogen (secondary N) is 1. The van der Waals surface area contributed by atoms with Crippen LogP contribution >= 0.6 is 0 Å². The first-order chi connectivity index (χ1) is 4.74. The van der Waals surface area contributed by atoms with E-state index in [1.165, 1.54) is 0 Å². The van der Waals surface area contributed by atoms with Crippen LogP contribution in [0.1, 0.15) is 0 Å². The summed E-state index contributed by atoms with van der Waals surface area (Å²) in [5, 5.41) is 19.2. The lowest BCUT2D eigenvalue weighted by Gasteiger charge is -2.10. The van der Waals surface area contributed by atoms with Gasteiger partial charge in [-0.05, 0) is 6.08 Å². The highest BCUT2D eigenvalue weighted by Gasteiger charge is 2.05. The van der Waals surface area contributed by atoms with Crippen molar-refractivity contribution in [3.8, 4) is 0 Å². The van der Waals surface area contributed by atoms with Crippen LogP contribution in [-0.2, 0) is 4.79 Å². The van der Waals surface area contributed by atoms with Crippen LogP contribution < -0.4 is 5.32 Å². The third-order valence-corrected chi connectivity index (χ3v) is 0.973. The molecule has 58 valence electrons. The minimum Gasteiger partial charge on any atom is -0.394 e. The number of hydrogen-bond donors (Lipinski definition) is 3. The molecule has 0 saturated heterocycles. The topological polar surface area (TPSA) is 69.6 Å². The molecule has 0 aromatic heterocycles. The van der Waals surface area contributed by atoms with E-state index in [0.29, 0.717) is 0 Å². The first kappa shape index (κ1) is 9.13. The molecule has 10 heavy (non-hydrogen) atoms. The molecule has 4 nitrogen and oxygen atoms in total. The summed E-state index contributed by atoms with van der Waals surface area (Å²) in [5.41, 5.74) is 0. The van der Waals surface area contributed by atoms with E-state index >= 15 is 0 Å². The molecule has 0 spiro atoms. The van der Waals surface area contributed by atoms with Crippen molar-refractivity contribution in [3.05, 3.63) is 12.7 Å². The number of rotatable bonds is 4. The fraction of sp³-hybridized carbons (Fsp3) is 0.500.